The molecule has 5 rings (SSSR count). The van der Waals surface area contributed by atoms with Crippen molar-refractivity contribution < 1.29 is 39.2 Å². The van der Waals surface area contributed by atoms with Crippen LogP contribution in [0.5, 0.6) is 0 Å². The Morgan fingerprint density at radius 3 is 2.68 bits per heavy atom. The number of carbonyl (C=O) groups is 2. The van der Waals surface area contributed by atoms with Crippen molar-refractivity contribution in [2.24, 2.45) is 5.92 Å². The fourth-order valence-corrected chi connectivity index (χ4v) is 5.35. The molecule has 5 atom stereocenters. The van der Waals surface area contributed by atoms with Crippen LogP contribution in [-0.4, -0.2) is 74.4 Å². The van der Waals surface area contributed by atoms with Crippen molar-refractivity contribution in [3.63, 3.8) is 0 Å². The zero-order valence-corrected chi connectivity index (χ0v) is 19.3. The third-order valence-corrected chi connectivity index (χ3v) is 7.50. The number of piperazine rings is 1. The molecule has 3 aliphatic heterocycles. The number of rotatable bonds is 6. The average molecular weight is 495 g/mol. The number of aliphatic hydroxyl groups excluding tert-OH is 2. The van der Waals surface area contributed by atoms with E-state index in [2.05, 4.69) is 10.6 Å². The molecule has 4 heterocycles. The van der Waals surface area contributed by atoms with Crippen LogP contribution in [0.3, 0.4) is 0 Å². The van der Waals surface area contributed by atoms with Crippen molar-refractivity contribution in [3.8, 4) is 0 Å². The molecule has 0 radical (unpaired) electrons. The monoisotopic (exact) mass is 494 g/mol. The number of hydrogen-bond donors (Lipinski definition) is 6. The van der Waals surface area contributed by atoms with Crippen molar-refractivity contribution in [3.05, 3.63) is 40.2 Å². The van der Waals surface area contributed by atoms with Crippen molar-refractivity contribution in [2.45, 2.75) is 48.3 Å². The lowest BCUT2D eigenvalue weighted by molar-refractivity contribution is -0.240. The lowest BCUT2D eigenvalue weighted by atomic mass is 9.83. The number of fused-ring (bicyclic) bond motifs is 6. The van der Waals surface area contributed by atoms with E-state index in [1.54, 1.807) is 13.0 Å². The Morgan fingerprint density at radius 2 is 1.97 bits per heavy atom. The number of amides is 2. The van der Waals surface area contributed by atoms with Crippen LogP contribution in [0, 0.1) is 12.8 Å². The molecule has 0 aliphatic carbocycles. The molecule has 1 aromatic heterocycles. The van der Waals surface area contributed by atoms with Gasteiger partial charge in [0, 0.05) is 28.0 Å². The van der Waals surface area contributed by atoms with Crippen LogP contribution in [0.1, 0.15) is 18.9 Å². The number of aryl methyl sites for hydroxylation is 1. The minimum Gasteiger partial charge on any atom is -0.423 e. The van der Waals surface area contributed by atoms with E-state index in [4.69, 9.17) is 9.15 Å². The summed E-state index contributed by atoms with van der Waals surface area (Å²) in [6, 6.07) is 6.72. The van der Waals surface area contributed by atoms with Gasteiger partial charge in [-0.15, -0.1) is 11.8 Å². The summed E-state index contributed by atoms with van der Waals surface area (Å²) in [5, 5.41) is 46.6. The fourth-order valence-electron chi connectivity index (χ4n) is 4.20. The van der Waals surface area contributed by atoms with Crippen LogP contribution >= 0.6 is 11.8 Å². The van der Waals surface area contributed by atoms with Crippen LogP contribution in [0.25, 0.3) is 11.0 Å². The third-order valence-electron chi connectivity index (χ3n) is 6.34. The zero-order chi connectivity index (χ0) is 24.9. The van der Waals surface area contributed by atoms with Gasteiger partial charge in [0.1, 0.15) is 17.3 Å². The van der Waals surface area contributed by atoms with Crippen molar-refractivity contribution in [2.75, 3.05) is 19.0 Å². The third kappa shape index (κ3) is 4.00. The lowest BCUT2D eigenvalue weighted by Crippen LogP contribution is -2.83. The second-order valence-corrected chi connectivity index (χ2v) is 9.97. The summed E-state index contributed by atoms with van der Waals surface area (Å²) in [5.74, 6) is -2.65. The quantitative estimate of drug-likeness (QED) is 0.215. The zero-order valence-electron chi connectivity index (χ0n) is 18.5. The second-order valence-electron chi connectivity index (χ2n) is 8.88. The van der Waals surface area contributed by atoms with Gasteiger partial charge in [-0.2, -0.15) is 0 Å². The van der Waals surface area contributed by atoms with E-state index < -0.39 is 53.1 Å². The highest BCUT2D eigenvalue weighted by atomic mass is 32.2. The van der Waals surface area contributed by atoms with Crippen LogP contribution < -0.4 is 16.3 Å². The molecular weight excluding hydrogens is 468 g/mol. The predicted octanol–water partition coefficient (Wildman–Crippen LogP) is -1.03. The maximum atomic E-state index is 12.9. The topological polar surface area (TPSA) is 179 Å². The first kappa shape index (κ1) is 24.6. The van der Waals surface area contributed by atoms with E-state index in [1.807, 2.05) is 12.1 Å². The molecule has 3 aliphatic rings. The van der Waals surface area contributed by atoms with E-state index in [0.29, 0.717) is 5.58 Å². The van der Waals surface area contributed by atoms with Gasteiger partial charge in [-0.05, 0) is 44.0 Å². The molecule has 2 amide bonds. The molecule has 34 heavy (non-hydrogen) atoms. The number of aliphatic hydroxyl groups is 4. The normalized spacial score (nSPS) is 29.6. The molecule has 0 spiro atoms. The largest absolute Gasteiger partial charge is 0.423 e. The predicted molar refractivity (Wildman–Crippen MR) is 120 cm³/mol. The minimum atomic E-state index is -2.37. The Kier molecular flexibility index (Phi) is 6.25. The van der Waals surface area contributed by atoms with E-state index in [9.17, 15) is 34.8 Å². The first-order chi connectivity index (χ1) is 15.9. The summed E-state index contributed by atoms with van der Waals surface area (Å²) < 4.78 is 10.8. The Morgan fingerprint density at radius 1 is 1.24 bits per heavy atom. The molecule has 3 saturated heterocycles. The van der Waals surface area contributed by atoms with Gasteiger partial charge in [0.05, 0.1) is 13.2 Å². The first-order valence-electron chi connectivity index (χ1n) is 10.6. The Balaban J connectivity index is 1.56. The summed E-state index contributed by atoms with van der Waals surface area (Å²) >= 11 is 1.29. The molecular formula is C22H26N2O9S. The highest BCUT2D eigenvalue weighted by Gasteiger charge is 2.64. The van der Waals surface area contributed by atoms with Gasteiger partial charge in [-0.25, -0.2) is 4.79 Å². The van der Waals surface area contributed by atoms with Crippen LogP contribution in [-0.2, 0) is 14.3 Å². The molecule has 12 heteroatoms. The number of nitrogens with one attached hydrogen (secondary N) is 2. The van der Waals surface area contributed by atoms with E-state index in [1.165, 1.54) is 17.8 Å². The molecule has 0 saturated carbocycles. The summed E-state index contributed by atoms with van der Waals surface area (Å²) in [5.41, 5.74) is -6.11. The van der Waals surface area contributed by atoms with Gasteiger partial charge < -0.3 is 40.2 Å². The van der Waals surface area contributed by atoms with E-state index in [-0.39, 0.29) is 18.8 Å². The van der Waals surface area contributed by atoms with Crippen LogP contribution in [0.2, 0.25) is 0 Å². The highest BCUT2D eigenvalue weighted by molar-refractivity contribution is 7.99. The maximum Gasteiger partial charge on any atom is 0.336 e. The van der Waals surface area contributed by atoms with E-state index in [0.717, 1.165) is 22.8 Å². The van der Waals surface area contributed by atoms with Gasteiger partial charge >= 0.3 is 5.63 Å². The molecule has 1 unspecified atom stereocenters. The van der Waals surface area contributed by atoms with Gasteiger partial charge in [0.15, 0.2) is 0 Å². The molecule has 2 aromatic rings. The Bertz CT molecular complexity index is 1200. The van der Waals surface area contributed by atoms with Gasteiger partial charge in [0.25, 0.3) is 17.5 Å². The number of carbonyl (C=O) groups excluding carboxylic acids is 2. The molecule has 1 aromatic carbocycles. The summed E-state index contributed by atoms with van der Waals surface area (Å²) in [7, 11) is 0. The van der Waals surface area contributed by atoms with Crippen molar-refractivity contribution in [1.29, 1.82) is 0 Å². The Labute approximate surface area is 198 Å². The number of hydrogen-bond acceptors (Lipinski definition) is 10. The van der Waals surface area contributed by atoms with Crippen LogP contribution in [0.15, 0.2) is 38.4 Å². The maximum absolute atomic E-state index is 12.9. The van der Waals surface area contributed by atoms with Crippen molar-refractivity contribution >= 4 is 34.5 Å². The average Bonchev–Trinajstić information content (AvgIpc) is 2.77. The van der Waals surface area contributed by atoms with Gasteiger partial charge in [0.2, 0.25) is 5.72 Å². The molecule has 11 nitrogen and oxygen atoms in total. The smallest absolute Gasteiger partial charge is 0.336 e. The summed E-state index contributed by atoms with van der Waals surface area (Å²) in [6.45, 7) is 1.85. The molecule has 2 bridgehead atoms. The second kappa shape index (κ2) is 8.63. The number of ether oxygens (including phenoxy) is 1. The van der Waals surface area contributed by atoms with Gasteiger partial charge in [-0.3, -0.25) is 9.59 Å². The van der Waals surface area contributed by atoms with Crippen molar-refractivity contribution in [1.82, 2.24) is 10.6 Å². The SMILES string of the molecule is Cc1cc(=O)oc2cc(SCC3CCO[C@]4([C@@H](O)[C@@](C)(O)CO)NC(=O)[C@@]3(O)NC4=O)ccc12. The van der Waals surface area contributed by atoms with Crippen LogP contribution in [0.4, 0.5) is 0 Å². The number of benzene rings is 1. The molecule has 6 N–H and O–H groups in total. The summed E-state index contributed by atoms with van der Waals surface area (Å²) in [4.78, 5) is 38.3. The van der Waals surface area contributed by atoms with E-state index >= 15 is 0 Å². The first-order valence-corrected chi connectivity index (χ1v) is 11.6. The number of thioether (sulfide) groups is 1. The highest BCUT2D eigenvalue weighted by Crippen LogP contribution is 2.37. The van der Waals surface area contributed by atoms with Gasteiger partial charge in [-0.1, -0.05) is 0 Å². The molecule has 184 valence electrons. The lowest BCUT2D eigenvalue weighted by Gasteiger charge is -2.51. The standard InChI is InChI=1S/C22H26N2O9S/c1-11-7-16(26)33-15-8-13(3-4-14(11)15)34-9-12-5-6-32-22(17(27)20(2,30)10-25)19(29)23-21(12,31)18(28)24-22/h3-4,7-8,12,17,25,27,30-31H,5-6,9-10H2,1-2H3,(H,23,29)(H,24,28)/t12?,17-,20-,21+,22-/m0/s1. The minimum absolute atomic E-state index is 0.133. The molecule has 3 fully saturated rings. The fraction of sp³-hybridized carbons (Fsp3) is 0.500. The summed E-state index contributed by atoms with van der Waals surface area (Å²) in [6.07, 6.45) is -1.88. The Hall–Kier alpha value is -2.48.